The molecule has 16 nitrogen and oxygen atoms in total. The van der Waals surface area contributed by atoms with Gasteiger partial charge in [-0.1, -0.05) is 0 Å². The summed E-state index contributed by atoms with van der Waals surface area (Å²) in [6.07, 6.45) is -2.64. The minimum Gasteiger partial charge on any atom is -0.480 e. The van der Waals surface area contributed by atoms with E-state index in [0.717, 1.165) is 0 Å². The zero-order chi connectivity index (χ0) is 28.7. The smallest absolute Gasteiger partial charge is 0.326 e. The van der Waals surface area contributed by atoms with Crippen LogP contribution in [0.25, 0.3) is 0 Å². The SMILES string of the molecule is CC(=O)CC[C@H](NC(=O)CC[C@H](NC(=O)CC[C@H](NC(=O)CC[C@H](N)C(=O)O)C(=O)O)C(=O)O)C(=O)O. The van der Waals surface area contributed by atoms with Gasteiger partial charge in [0, 0.05) is 25.7 Å². The number of carboxylic acids is 4. The molecule has 0 radical (unpaired) electrons. The van der Waals surface area contributed by atoms with E-state index < -0.39 is 91.4 Å². The number of hydrogen-bond donors (Lipinski definition) is 8. The molecule has 0 unspecified atom stereocenters. The summed E-state index contributed by atoms with van der Waals surface area (Å²) in [5.41, 5.74) is 5.27. The van der Waals surface area contributed by atoms with Crippen LogP contribution in [-0.4, -0.2) is 92.0 Å². The van der Waals surface area contributed by atoms with Crippen molar-refractivity contribution in [3.8, 4) is 0 Å². The second-order valence-electron chi connectivity index (χ2n) is 8.18. The van der Waals surface area contributed by atoms with Gasteiger partial charge in [-0.25, -0.2) is 14.4 Å². The Kier molecular flexibility index (Phi) is 14.7. The fraction of sp³-hybridized carbons (Fsp3) is 0.619. The number of rotatable bonds is 19. The van der Waals surface area contributed by atoms with Crippen molar-refractivity contribution in [3.05, 3.63) is 0 Å². The fourth-order valence-electron chi connectivity index (χ4n) is 2.88. The zero-order valence-electron chi connectivity index (χ0n) is 20.1. The number of aliphatic carboxylic acids is 4. The van der Waals surface area contributed by atoms with Crippen molar-refractivity contribution in [2.45, 2.75) is 82.5 Å². The normalized spacial score (nSPS) is 13.8. The van der Waals surface area contributed by atoms with Crippen molar-refractivity contribution in [1.82, 2.24) is 16.0 Å². The third-order valence-corrected chi connectivity index (χ3v) is 5.00. The van der Waals surface area contributed by atoms with Crippen LogP contribution in [0.1, 0.15) is 58.3 Å². The molecule has 208 valence electrons. The topological polar surface area (TPSA) is 280 Å². The number of carbonyl (C=O) groups is 8. The third kappa shape index (κ3) is 14.8. The maximum Gasteiger partial charge on any atom is 0.326 e. The second-order valence-corrected chi connectivity index (χ2v) is 8.18. The van der Waals surface area contributed by atoms with E-state index in [1.54, 1.807) is 0 Å². The minimum absolute atomic E-state index is 0.0846. The molecule has 0 rings (SSSR count). The molecule has 0 aromatic carbocycles. The molecule has 0 saturated carbocycles. The number of hydrogen-bond acceptors (Lipinski definition) is 9. The maximum absolute atomic E-state index is 12.1. The predicted octanol–water partition coefficient (Wildman–Crippen LogP) is -2.18. The fourth-order valence-corrected chi connectivity index (χ4v) is 2.88. The van der Waals surface area contributed by atoms with Gasteiger partial charge in [-0.05, 0) is 32.6 Å². The van der Waals surface area contributed by atoms with Crippen LogP contribution in [0.3, 0.4) is 0 Å². The Morgan fingerprint density at radius 2 is 0.838 bits per heavy atom. The van der Waals surface area contributed by atoms with Gasteiger partial charge in [0.1, 0.15) is 30.0 Å². The van der Waals surface area contributed by atoms with E-state index in [-0.39, 0.29) is 31.5 Å². The lowest BCUT2D eigenvalue weighted by molar-refractivity contribution is -0.144. The number of carbonyl (C=O) groups excluding carboxylic acids is 4. The first-order chi connectivity index (χ1) is 17.1. The predicted molar refractivity (Wildman–Crippen MR) is 122 cm³/mol. The minimum atomic E-state index is -1.55. The third-order valence-electron chi connectivity index (χ3n) is 5.00. The molecular weight excluding hydrogens is 500 g/mol. The highest BCUT2D eigenvalue weighted by atomic mass is 16.4. The van der Waals surface area contributed by atoms with Crippen molar-refractivity contribution in [1.29, 1.82) is 0 Å². The Labute approximate surface area is 210 Å². The highest BCUT2D eigenvalue weighted by Crippen LogP contribution is 2.05. The van der Waals surface area contributed by atoms with Crippen LogP contribution in [0.5, 0.6) is 0 Å². The first-order valence-electron chi connectivity index (χ1n) is 11.2. The van der Waals surface area contributed by atoms with Gasteiger partial charge in [0.15, 0.2) is 0 Å². The molecule has 0 bridgehead atoms. The van der Waals surface area contributed by atoms with Crippen LogP contribution in [0.15, 0.2) is 0 Å². The summed E-state index contributed by atoms with van der Waals surface area (Å²) in [6, 6.07) is -5.73. The van der Waals surface area contributed by atoms with E-state index in [9.17, 15) is 48.6 Å². The highest BCUT2D eigenvalue weighted by molar-refractivity contribution is 5.87. The molecule has 0 aliphatic carbocycles. The van der Waals surface area contributed by atoms with Crippen molar-refractivity contribution in [2.24, 2.45) is 5.73 Å². The molecule has 3 amide bonds. The molecule has 9 N–H and O–H groups in total. The molecule has 4 atom stereocenters. The number of carboxylic acid groups (broad SMARTS) is 4. The van der Waals surface area contributed by atoms with Crippen LogP contribution in [0.4, 0.5) is 0 Å². The van der Waals surface area contributed by atoms with Gasteiger partial charge >= 0.3 is 23.9 Å². The summed E-state index contributed by atoms with van der Waals surface area (Å²) in [5.74, 6) is -8.46. The molecule has 0 saturated heterocycles. The van der Waals surface area contributed by atoms with Crippen molar-refractivity contribution >= 4 is 47.4 Å². The van der Waals surface area contributed by atoms with E-state index in [2.05, 4.69) is 16.0 Å². The van der Waals surface area contributed by atoms with Gasteiger partial charge < -0.3 is 46.9 Å². The summed E-state index contributed by atoms with van der Waals surface area (Å²) in [4.78, 5) is 91.7. The summed E-state index contributed by atoms with van der Waals surface area (Å²) < 4.78 is 0. The molecule has 0 aromatic rings. The number of nitrogens with one attached hydrogen (secondary N) is 3. The Morgan fingerprint density at radius 1 is 0.541 bits per heavy atom. The first kappa shape index (κ1) is 32.9. The maximum atomic E-state index is 12.1. The molecule has 0 aliphatic heterocycles. The van der Waals surface area contributed by atoms with E-state index >= 15 is 0 Å². The number of amides is 3. The van der Waals surface area contributed by atoms with Gasteiger partial charge in [0.05, 0.1) is 0 Å². The summed E-state index contributed by atoms with van der Waals surface area (Å²) >= 11 is 0. The zero-order valence-corrected chi connectivity index (χ0v) is 20.1. The molecular formula is C21H32N4O12. The van der Waals surface area contributed by atoms with Crippen molar-refractivity contribution in [2.75, 3.05) is 0 Å². The summed E-state index contributed by atoms with van der Waals surface area (Å²) in [6.45, 7) is 1.26. The molecule has 16 heteroatoms. The second kappa shape index (κ2) is 16.6. The van der Waals surface area contributed by atoms with E-state index in [4.69, 9.17) is 15.9 Å². The lowest BCUT2D eigenvalue weighted by Crippen LogP contribution is -2.45. The van der Waals surface area contributed by atoms with Gasteiger partial charge in [0.25, 0.3) is 0 Å². The van der Waals surface area contributed by atoms with Gasteiger partial charge in [-0.2, -0.15) is 0 Å². The van der Waals surface area contributed by atoms with Gasteiger partial charge in [-0.15, -0.1) is 0 Å². The largest absolute Gasteiger partial charge is 0.480 e. The monoisotopic (exact) mass is 532 g/mol. The van der Waals surface area contributed by atoms with E-state index in [0.29, 0.717) is 0 Å². The highest BCUT2D eigenvalue weighted by Gasteiger charge is 2.26. The number of nitrogens with two attached hydrogens (primary N) is 1. The van der Waals surface area contributed by atoms with Gasteiger partial charge in [-0.3, -0.25) is 19.2 Å². The van der Waals surface area contributed by atoms with Crippen LogP contribution >= 0.6 is 0 Å². The van der Waals surface area contributed by atoms with Crippen LogP contribution in [-0.2, 0) is 38.4 Å². The van der Waals surface area contributed by atoms with Gasteiger partial charge in [0.2, 0.25) is 17.7 Å². The Hall–Kier alpha value is -4.08. The van der Waals surface area contributed by atoms with Crippen molar-refractivity contribution in [3.63, 3.8) is 0 Å². The lowest BCUT2D eigenvalue weighted by atomic mass is 10.1. The molecule has 0 spiro atoms. The quantitative estimate of drug-likeness (QED) is 0.0879. The standard InChI is InChI=1S/C21H32N4O12/c1-10(26)2-4-12(19(32)33)23-16(28)8-6-14(21(36)37)25-17(29)9-5-13(20(34)35)24-15(27)7-3-11(22)18(30)31/h11-14H,2-9,22H2,1H3,(H,23,28)(H,24,27)(H,25,29)(H,30,31)(H,32,33)(H,34,35)(H,36,37)/t11-,12-,13-,14-/m0/s1. The van der Waals surface area contributed by atoms with Crippen LogP contribution in [0.2, 0.25) is 0 Å². The molecule has 0 fully saturated rings. The van der Waals surface area contributed by atoms with Crippen LogP contribution < -0.4 is 21.7 Å². The summed E-state index contributed by atoms with van der Waals surface area (Å²) in [7, 11) is 0. The molecule has 0 aliphatic rings. The first-order valence-corrected chi connectivity index (χ1v) is 11.2. The Balaban J connectivity index is 4.78. The van der Waals surface area contributed by atoms with E-state index in [1.807, 2.05) is 0 Å². The average Bonchev–Trinajstić information content (AvgIpc) is 2.79. The lowest BCUT2D eigenvalue weighted by Gasteiger charge is -2.18. The van der Waals surface area contributed by atoms with E-state index in [1.165, 1.54) is 6.92 Å². The van der Waals surface area contributed by atoms with Crippen molar-refractivity contribution < 1.29 is 58.8 Å². The average molecular weight is 533 g/mol. The summed E-state index contributed by atoms with van der Waals surface area (Å²) in [5, 5.41) is 42.8. The number of Topliss-reactive ketones (excluding diaryl/α,β-unsaturated/α-hetero) is 1. The number of ketones is 1. The Bertz CT molecular complexity index is 891. The molecule has 0 aromatic heterocycles. The molecule has 0 heterocycles. The Morgan fingerprint density at radius 3 is 1.11 bits per heavy atom. The molecule has 37 heavy (non-hydrogen) atoms. The van der Waals surface area contributed by atoms with Crippen LogP contribution in [0, 0.1) is 0 Å².